The Kier molecular flexibility index (Phi) is 5.81. The Morgan fingerprint density at radius 1 is 0.354 bits per heavy atom. The maximum atomic E-state index is 6.62. The number of nitrogens with zero attached hydrogens (tertiary/aromatic N) is 3. The minimum absolute atomic E-state index is 0.542. The van der Waals surface area contributed by atoms with Crippen LogP contribution in [0.1, 0.15) is 0 Å². The number of hydrogen-bond acceptors (Lipinski definition) is 5. The van der Waals surface area contributed by atoms with Crippen molar-refractivity contribution < 1.29 is 8.83 Å². The van der Waals surface area contributed by atoms with Crippen molar-refractivity contribution in [3.05, 3.63) is 152 Å². The van der Waals surface area contributed by atoms with Crippen molar-refractivity contribution in [2.45, 2.75) is 0 Å². The first kappa shape index (κ1) is 26.6. The van der Waals surface area contributed by atoms with Crippen LogP contribution in [0, 0.1) is 0 Å². The molecule has 0 aliphatic rings. The minimum atomic E-state index is 0.542. The van der Waals surface area contributed by atoms with Crippen LogP contribution >= 0.6 is 0 Å². The fourth-order valence-electron chi connectivity index (χ4n) is 6.83. The summed E-state index contributed by atoms with van der Waals surface area (Å²) in [7, 11) is 0. The summed E-state index contributed by atoms with van der Waals surface area (Å²) in [6.45, 7) is 0. The predicted molar refractivity (Wildman–Crippen MR) is 194 cm³/mol. The zero-order valence-corrected chi connectivity index (χ0v) is 25.6. The molecular weight excluding hydrogens is 590 g/mol. The lowest BCUT2D eigenvalue weighted by atomic mass is 9.96. The molecule has 0 radical (unpaired) electrons. The molecule has 0 spiro atoms. The van der Waals surface area contributed by atoms with Crippen LogP contribution in [-0.4, -0.2) is 15.0 Å². The minimum Gasteiger partial charge on any atom is -0.456 e. The number of rotatable bonds is 4. The van der Waals surface area contributed by atoms with Crippen molar-refractivity contribution in [1.82, 2.24) is 15.0 Å². The molecule has 0 amide bonds. The monoisotopic (exact) mass is 615 g/mol. The van der Waals surface area contributed by atoms with Gasteiger partial charge < -0.3 is 8.83 Å². The molecule has 0 aliphatic carbocycles. The zero-order valence-electron chi connectivity index (χ0n) is 25.6. The second-order valence-corrected chi connectivity index (χ2v) is 12.0. The standard InChI is InChI=1S/C43H25N3O2/c1-3-12-26(13-4-1)34-23-30(25-38-39(34)35-22-28-16-7-8-17-29(28)24-37(35)47-38)42-44-41(27-14-5-2-6-15-27)45-43(46-42)33-20-11-19-32-31-18-9-10-21-36(31)48-40(32)33/h1-25H. The van der Waals surface area contributed by atoms with Crippen LogP contribution in [0.2, 0.25) is 0 Å². The summed E-state index contributed by atoms with van der Waals surface area (Å²) in [5.41, 5.74) is 7.89. The second-order valence-electron chi connectivity index (χ2n) is 12.0. The maximum absolute atomic E-state index is 6.62. The van der Waals surface area contributed by atoms with Crippen LogP contribution in [0.3, 0.4) is 0 Å². The van der Waals surface area contributed by atoms with Gasteiger partial charge in [0, 0.05) is 32.7 Å². The molecule has 3 heterocycles. The molecule has 48 heavy (non-hydrogen) atoms. The van der Waals surface area contributed by atoms with E-state index in [0.29, 0.717) is 17.5 Å². The van der Waals surface area contributed by atoms with E-state index in [9.17, 15) is 0 Å². The predicted octanol–water partition coefficient (Wildman–Crippen LogP) is 11.5. The van der Waals surface area contributed by atoms with Gasteiger partial charge in [0.1, 0.15) is 22.3 Å². The molecule has 0 atom stereocenters. The highest BCUT2D eigenvalue weighted by Crippen LogP contribution is 2.42. The van der Waals surface area contributed by atoms with Gasteiger partial charge in [0.2, 0.25) is 0 Å². The lowest BCUT2D eigenvalue weighted by molar-refractivity contribution is 0.669. The summed E-state index contributed by atoms with van der Waals surface area (Å²) in [4.78, 5) is 15.2. The Hall–Kier alpha value is -6.59. The van der Waals surface area contributed by atoms with Crippen molar-refractivity contribution in [3.8, 4) is 45.3 Å². The quantitative estimate of drug-likeness (QED) is 0.197. The van der Waals surface area contributed by atoms with Crippen molar-refractivity contribution in [2.24, 2.45) is 0 Å². The van der Waals surface area contributed by atoms with Gasteiger partial charge in [-0.1, -0.05) is 115 Å². The molecule has 0 fully saturated rings. The number of para-hydroxylation sites is 2. The zero-order chi connectivity index (χ0) is 31.6. The SMILES string of the molecule is c1ccc(-c2nc(-c3cc(-c4ccccc4)c4c(c3)oc3cc5ccccc5cc34)nc(-c3cccc4c3oc3ccccc34)n2)cc1. The highest BCUT2D eigenvalue weighted by Gasteiger charge is 2.20. The Labute approximate surface area is 274 Å². The van der Waals surface area contributed by atoms with E-state index in [1.165, 1.54) is 5.39 Å². The molecule has 0 saturated heterocycles. The summed E-state index contributed by atoms with van der Waals surface area (Å²) in [6, 6.07) is 51.6. The van der Waals surface area contributed by atoms with Crippen molar-refractivity contribution in [3.63, 3.8) is 0 Å². The number of furan rings is 2. The number of benzene rings is 7. The van der Waals surface area contributed by atoms with Gasteiger partial charge >= 0.3 is 0 Å². The summed E-state index contributed by atoms with van der Waals surface area (Å²) in [5, 5.41) is 6.53. The van der Waals surface area contributed by atoms with E-state index in [4.69, 9.17) is 23.8 Å². The topological polar surface area (TPSA) is 65.0 Å². The Morgan fingerprint density at radius 2 is 1.00 bits per heavy atom. The molecule has 0 N–H and O–H groups in total. The van der Waals surface area contributed by atoms with Gasteiger partial charge in [0.05, 0.1) is 5.56 Å². The van der Waals surface area contributed by atoms with Crippen molar-refractivity contribution in [1.29, 1.82) is 0 Å². The largest absolute Gasteiger partial charge is 0.456 e. The highest BCUT2D eigenvalue weighted by atomic mass is 16.3. The van der Waals surface area contributed by atoms with E-state index < -0.39 is 0 Å². The summed E-state index contributed by atoms with van der Waals surface area (Å²) in [5.74, 6) is 1.68. The molecule has 10 aromatic rings. The van der Waals surface area contributed by atoms with E-state index in [1.54, 1.807) is 0 Å². The molecule has 0 saturated carbocycles. The first-order valence-corrected chi connectivity index (χ1v) is 15.9. The normalized spacial score (nSPS) is 11.8. The average Bonchev–Trinajstić information content (AvgIpc) is 3.72. The van der Waals surface area contributed by atoms with Crippen molar-refractivity contribution in [2.75, 3.05) is 0 Å². The Balaban J connectivity index is 1.26. The summed E-state index contributed by atoms with van der Waals surface area (Å²) in [6.07, 6.45) is 0. The van der Waals surface area contributed by atoms with Gasteiger partial charge in [0.25, 0.3) is 0 Å². The highest BCUT2D eigenvalue weighted by molar-refractivity contribution is 6.16. The second kappa shape index (κ2) is 10.5. The van der Waals surface area contributed by atoms with Crippen LogP contribution < -0.4 is 0 Å². The fourth-order valence-corrected chi connectivity index (χ4v) is 6.83. The first-order valence-electron chi connectivity index (χ1n) is 15.9. The third-order valence-electron chi connectivity index (χ3n) is 9.09. The lowest BCUT2D eigenvalue weighted by Gasteiger charge is -2.11. The van der Waals surface area contributed by atoms with Crippen LogP contribution in [0.5, 0.6) is 0 Å². The summed E-state index contributed by atoms with van der Waals surface area (Å²) >= 11 is 0. The Bertz CT molecular complexity index is 2840. The van der Waals surface area contributed by atoms with E-state index in [2.05, 4.69) is 84.9 Å². The summed E-state index contributed by atoms with van der Waals surface area (Å²) < 4.78 is 13.0. The molecule has 0 bridgehead atoms. The maximum Gasteiger partial charge on any atom is 0.167 e. The number of hydrogen-bond donors (Lipinski definition) is 0. The third-order valence-corrected chi connectivity index (χ3v) is 9.09. The average molecular weight is 616 g/mol. The van der Waals surface area contributed by atoms with Crippen LogP contribution in [0.25, 0.3) is 99.9 Å². The lowest BCUT2D eigenvalue weighted by Crippen LogP contribution is -2.00. The van der Waals surface area contributed by atoms with E-state index in [1.807, 2.05) is 66.7 Å². The van der Waals surface area contributed by atoms with Crippen molar-refractivity contribution >= 4 is 54.6 Å². The molecular formula is C43H25N3O2. The number of fused-ring (bicyclic) bond motifs is 7. The molecule has 5 heteroatoms. The van der Waals surface area contributed by atoms with Crippen LogP contribution in [0.4, 0.5) is 0 Å². The fraction of sp³-hybridized carbons (Fsp3) is 0. The van der Waals surface area contributed by atoms with Gasteiger partial charge in [-0.15, -0.1) is 0 Å². The van der Waals surface area contributed by atoms with Gasteiger partial charge in [-0.2, -0.15) is 0 Å². The van der Waals surface area contributed by atoms with Gasteiger partial charge in [-0.3, -0.25) is 0 Å². The third kappa shape index (κ3) is 4.22. The van der Waals surface area contributed by atoms with Gasteiger partial charge in [0.15, 0.2) is 17.5 Å². The molecule has 0 unspecified atom stereocenters. The molecule has 224 valence electrons. The van der Waals surface area contributed by atoms with Gasteiger partial charge in [-0.05, 0) is 58.3 Å². The smallest absolute Gasteiger partial charge is 0.167 e. The first-order chi connectivity index (χ1) is 23.8. The Morgan fingerprint density at radius 3 is 1.81 bits per heavy atom. The molecule has 10 rings (SSSR count). The molecule has 0 aliphatic heterocycles. The molecule has 5 nitrogen and oxygen atoms in total. The molecule has 3 aromatic heterocycles. The van der Waals surface area contributed by atoms with E-state index in [0.717, 1.165) is 77.1 Å². The van der Waals surface area contributed by atoms with Gasteiger partial charge in [-0.25, -0.2) is 15.0 Å². The van der Waals surface area contributed by atoms with Crippen LogP contribution in [-0.2, 0) is 0 Å². The van der Waals surface area contributed by atoms with E-state index in [-0.39, 0.29) is 0 Å². The van der Waals surface area contributed by atoms with Crippen LogP contribution in [0.15, 0.2) is 160 Å². The van der Waals surface area contributed by atoms with E-state index >= 15 is 0 Å². The number of aromatic nitrogens is 3. The molecule has 7 aromatic carbocycles.